The van der Waals surface area contributed by atoms with Gasteiger partial charge in [-0.05, 0) is 42.8 Å². The highest BCUT2D eigenvalue weighted by molar-refractivity contribution is 5.96. The minimum Gasteiger partial charge on any atom is -0.335 e. The Morgan fingerprint density at radius 2 is 1.91 bits per heavy atom. The molecule has 0 bridgehead atoms. The van der Waals surface area contributed by atoms with Crippen molar-refractivity contribution < 1.29 is 0 Å². The third-order valence-electron chi connectivity index (χ3n) is 5.86. The summed E-state index contributed by atoms with van der Waals surface area (Å²) < 4.78 is 1.93. The van der Waals surface area contributed by atoms with Gasteiger partial charge in [0, 0.05) is 36.1 Å². The fourth-order valence-corrected chi connectivity index (χ4v) is 4.16. The van der Waals surface area contributed by atoms with Crippen LogP contribution >= 0.6 is 0 Å². The Morgan fingerprint density at radius 3 is 2.76 bits per heavy atom. The molecule has 5 aromatic heterocycles. The number of nitrogens with one attached hydrogen (secondary N) is 3. The monoisotopic (exact) mass is 449 g/mol. The lowest BCUT2D eigenvalue weighted by Crippen LogP contribution is -2.11. The van der Waals surface area contributed by atoms with Crippen molar-refractivity contribution in [2.24, 2.45) is 0 Å². The van der Waals surface area contributed by atoms with Crippen LogP contribution in [0.1, 0.15) is 18.2 Å². The first-order valence-corrected chi connectivity index (χ1v) is 11.2. The van der Waals surface area contributed by atoms with Gasteiger partial charge in [0.25, 0.3) is 0 Å². The second-order valence-corrected chi connectivity index (χ2v) is 8.26. The van der Waals surface area contributed by atoms with Crippen LogP contribution in [0.5, 0.6) is 0 Å². The normalized spacial score (nSPS) is 11.6. The van der Waals surface area contributed by atoms with Gasteiger partial charge in [-0.25, -0.2) is 9.97 Å². The molecule has 0 amide bonds. The van der Waals surface area contributed by atoms with E-state index in [0.717, 1.165) is 68.8 Å². The van der Waals surface area contributed by atoms with Crippen LogP contribution in [0.2, 0.25) is 0 Å². The van der Waals surface area contributed by atoms with Crippen molar-refractivity contribution in [2.75, 3.05) is 6.54 Å². The molecule has 5 heterocycles. The Kier molecular flexibility index (Phi) is 4.88. The number of benzene rings is 1. The number of hydrogen-bond acceptors (Lipinski definition) is 6. The van der Waals surface area contributed by atoms with Crippen molar-refractivity contribution in [1.82, 2.24) is 45.0 Å². The molecule has 9 nitrogen and oxygen atoms in total. The lowest BCUT2D eigenvalue weighted by atomic mass is 10.0. The largest absolute Gasteiger partial charge is 0.335 e. The molecule has 0 radical (unpaired) electrons. The molecule has 0 saturated heterocycles. The summed E-state index contributed by atoms with van der Waals surface area (Å²) >= 11 is 0. The van der Waals surface area contributed by atoms with Crippen LogP contribution in [-0.2, 0) is 6.54 Å². The molecular weight excluding hydrogens is 426 g/mol. The van der Waals surface area contributed by atoms with E-state index >= 15 is 0 Å². The van der Waals surface area contributed by atoms with Crippen molar-refractivity contribution in [3.63, 3.8) is 0 Å². The first-order chi connectivity index (χ1) is 16.7. The van der Waals surface area contributed by atoms with E-state index in [2.05, 4.69) is 60.6 Å². The van der Waals surface area contributed by atoms with Crippen LogP contribution in [0.3, 0.4) is 0 Å². The molecule has 0 fully saturated rings. The summed E-state index contributed by atoms with van der Waals surface area (Å²) in [5.74, 6) is 0.684. The minimum atomic E-state index is 0.684. The Hall–Kier alpha value is -4.37. The first kappa shape index (κ1) is 20.3. The Bertz CT molecular complexity index is 1620. The molecule has 0 atom stereocenters. The summed E-state index contributed by atoms with van der Waals surface area (Å²) in [6.45, 7) is 5.77. The highest BCUT2D eigenvalue weighted by atomic mass is 15.1. The second-order valence-electron chi connectivity index (χ2n) is 8.26. The van der Waals surface area contributed by atoms with E-state index in [9.17, 15) is 0 Å². The van der Waals surface area contributed by atoms with Gasteiger partial charge in [-0.2, -0.15) is 5.10 Å². The zero-order chi connectivity index (χ0) is 23.1. The molecule has 1 aromatic carbocycles. The summed E-state index contributed by atoms with van der Waals surface area (Å²) in [5, 5.41) is 12.0. The average molecular weight is 450 g/mol. The van der Waals surface area contributed by atoms with Crippen LogP contribution in [0.25, 0.3) is 50.3 Å². The zero-order valence-electron chi connectivity index (χ0n) is 18.9. The predicted molar refractivity (Wildman–Crippen MR) is 131 cm³/mol. The number of aryl methyl sites for hydroxylation is 1. The fraction of sp³-hybridized carbons (Fsp3) is 0.160. The number of imidazole rings is 2. The van der Waals surface area contributed by atoms with Gasteiger partial charge >= 0.3 is 0 Å². The number of rotatable bonds is 6. The number of pyridine rings is 2. The number of hydrogen-bond donors (Lipinski definition) is 3. The quantitative estimate of drug-likeness (QED) is 0.352. The van der Waals surface area contributed by atoms with Crippen LogP contribution in [-0.4, -0.2) is 46.2 Å². The molecule has 168 valence electrons. The van der Waals surface area contributed by atoms with Crippen molar-refractivity contribution in [3.05, 3.63) is 72.8 Å². The standard InChI is InChI=1S/C25H23N9/c1-3-26-8-16-6-18(10-27-9-16)17-4-5-20-19(7-17)23(33-32-20)25-30-21-11-28-12-22(24(21)31-25)34-13-15(2)29-14-34/h4-7,9-14,26H,3,8H2,1-2H3,(H,30,31)(H,32,33). The molecule has 6 aromatic rings. The number of nitrogens with zero attached hydrogens (tertiary/aromatic N) is 6. The molecule has 34 heavy (non-hydrogen) atoms. The van der Waals surface area contributed by atoms with Gasteiger partial charge in [0.2, 0.25) is 0 Å². The molecule has 3 N–H and O–H groups in total. The van der Waals surface area contributed by atoms with E-state index in [0.29, 0.717) is 5.82 Å². The van der Waals surface area contributed by atoms with Crippen molar-refractivity contribution in [2.45, 2.75) is 20.4 Å². The molecule has 0 aliphatic carbocycles. The van der Waals surface area contributed by atoms with Crippen molar-refractivity contribution in [1.29, 1.82) is 0 Å². The van der Waals surface area contributed by atoms with Gasteiger partial charge in [0.1, 0.15) is 11.2 Å². The first-order valence-electron chi connectivity index (χ1n) is 11.2. The number of H-pyrrole nitrogens is 2. The minimum absolute atomic E-state index is 0.684. The third-order valence-corrected chi connectivity index (χ3v) is 5.86. The maximum Gasteiger partial charge on any atom is 0.159 e. The van der Waals surface area contributed by atoms with Crippen LogP contribution in [0.15, 0.2) is 61.6 Å². The third kappa shape index (κ3) is 3.52. The van der Waals surface area contributed by atoms with E-state index in [1.165, 1.54) is 0 Å². The molecule has 0 spiro atoms. The van der Waals surface area contributed by atoms with Gasteiger partial charge in [-0.15, -0.1) is 0 Å². The number of aromatic nitrogens is 8. The molecule has 0 unspecified atom stereocenters. The molecule has 0 saturated carbocycles. The summed E-state index contributed by atoms with van der Waals surface area (Å²) in [4.78, 5) is 21.4. The van der Waals surface area contributed by atoms with Crippen LogP contribution in [0, 0.1) is 6.92 Å². The Labute approximate surface area is 195 Å². The smallest absolute Gasteiger partial charge is 0.159 e. The Balaban J connectivity index is 1.44. The van der Waals surface area contributed by atoms with E-state index in [1.807, 2.05) is 36.1 Å². The van der Waals surface area contributed by atoms with Gasteiger partial charge in [-0.1, -0.05) is 13.0 Å². The van der Waals surface area contributed by atoms with Crippen molar-refractivity contribution >= 4 is 21.9 Å². The zero-order valence-corrected chi connectivity index (χ0v) is 18.9. The lowest BCUT2D eigenvalue weighted by molar-refractivity contribution is 0.724. The maximum absolute atomic E-state index is 4.89. The van der Waals surface area contributed by atoms with Gasteiger partial charge in [-0.3, -0.25) is 15.1 Å². The van der Waals surface area contributed by atoms with Crippen LogP contribution < -0.4 is 5.32 Å². The average Bonchev–Trinajstić information content (AvgIpc) is 3.59. The highest BCUT2D eigenvalue weighted by Gasteiger charge is 2.16. The van der Waals surface area contributed by atoms with Gasteiger partial charge in [0.15, 0.2) is 5.82 Å². The van der Waals surface area contributed by atoms with E-state index in [4.69, 9.17) is 4.98 Å². The second kappa shape index (κ2) is 8.20. The maximum atomic E-state index is 4.89. The topological polar surface area (TPSA) is 113 Å². The summed E-state index contributed by atoms with van der Waals surface area (Å²) in [5.41, 5.74) is 8.45. The summed E-state index contributed by atoms with van der Waals surface area (Å²) in [6.07, 6.45) is 11.1. The van der Waals surface area contributed by atoms with E-state index < -0.39 is 0 Å². The summed E-state index contributed by atoms with van der Waals surface area (Å²) in [6, 6.07) is 8.43. The number of fused-ring (bicyclic) bond motifs is 2. The summed E-state index contributed by atoms with van der Waals surface area (Å²) in [7, 11) is 0. The molecule has 0 aliphatic heterocycles. The van der Waals surface area contributed by atoms with Crippen molar-refractivity contribution in [3.8, 4) is 28.3 Å². The Morgan fingerprint density at radius 1 is 1.00 bits per heavy atom. The van der Waals surface area contributed by atoms with Gasteiger partial charge in [0.05, 0.1) is 41.1 Å². The fourth-order valence-electron chi connectivity index (χ4n) is 4.16. The predicted octanol–water partition coefficient (Wildman–Crippen LogP) is 4.17. The van der Waals surface area contributed by atoms with E-state index in [-0.39, 0.29) is 0 Å². The SMILES string of the molecule is CCNCc1cncc(-c2ccc3[nH]nc(-c4nc5c(-n6cnc(C)c6)cncc5[nH]4)c3c2)c1. The van der Waals surface area contributed by atoms with Gasteiger partial charge < -0.3 is 14.9 Å². The van der Waals surface area contributed by atoms with E-state index in [1.54, 1.807) is 18.7 Å². The van der Waals surface area contributed by atoms with Crippen LogP contribution in [0.4, 0.5) is 0 Å². The molecule has 0 aliphatic rings. The molecule has 9 heteroatoms. The molecular formula is C25H23N9. The highest BCUT2D eigenvalue weighted by Crippen LogP contribution is 2.31. The molecule has 6 rings (SSSR count). The lowest BCUT2D eigenvalue weighted by Gasteiger charge is -2.06. The number of aromatic amines is 2.